The first-order valence-corrected chi connectivity index (χ1v) is 18.0. The second-order valence-electron chi connectivity index (χ2n) is 13.2. The second kappa shape index (κ2) is 16.7. The second-order valence-corrected chi connectivity index (χ2v) is 13.2. The highest BCUT2D eigenvalue weighted by atomic mass is 16.5. The van der Waals surface area contributed by atoms with Crippen LogP contribution >= 0.6 is 0 Å². The molecule has 10 nitrogen and oxygen atoms in total. The van der Waals surface area contributed by atoms with Crippen LogP contribution in [0.1, 0.15) is 51.2 Å². The summed E-state index contributed by atoms with van der Waals surface area (Å²) in [6.45, 7) is 17.7. The highest BCUT2D eigenvalue weighted by molar-refractivity contribution is 5.95. The molecular formula is C41H53N7O3. The molecule has 1 saturated heterocycles. The van der Waals surface area contributed by atoms with E-state index >= 15 is 0 Å². The molecule has 6 rings (SSSR count). The van der Waals surface area contributed by atoms with Gasteiger partial charge in [-0.2, -0.15) is 0 Å². The van der Waals surface area contributed by atoms with Crippen LogP contribution in [0.3, 0.4) is 0 Å². The van der Waals surface area contributed by atoms with E-state index in [2.05, 4.69) is 64.9 Å². The van der Waals surface area contributed by atoms with Gasteiger partial charge in [0, 0.05) is 62.1 Å². The van der Waals surface area contributed by atoms with Gasteiger partial charge in [0.15, 0.2) is 0 Å². The number of anilines is 4. The molecule has 0 radical (unpaired) electrons. The third-order valence-corrected chi connectivity index (χ3v) is 9.44. The van der Waals surface area contributed by atoms with Gasteiger partial charge in [0.05, 0.1) is 17.2 Å². The first kappa shape index (κ1) is 37.2. The number of hydrogen-bond donors (Lipinski definition) is 1. The summed E-state index contributed by atoms with van der Waals surface area (Å²) < 4.78 is 12.6. The van der Waals surface area contributed by atoms with E-state index in [4.69, 9.17) is 9.47 Å². The SMILES string of the molecule is C=CN(C)c1ccc(Oc2ccc(Nc3ncnc4cc5c(cc34)N3CCN(C(=O)/C=C/CN(C)C)CC3CO5)cc2C)cc1C(C)CC.CC. The van der Waals surface area contributed by atoms with Crippen LogP contribution in [0, 0.1) is 6.92 Å². The Bertz CT molecular complexity index is 1870. The Hall–Kier alpha value is -5.09. The lowest BCUT2D eigenvalue weighted by molar-refractivity contribution is -0.127. The number of aryl methyl sites for hydroxylation is 1. The van der Waals surface area contributed by atoms with E-state index in [0.29, 0.717) is 31.4 Å². The van der Waals surface area contributed by atoms with E-state index in [1.807, 2.05) is 93.2 Å². The molecule has 10 heteroatoms. The number of carbonyl (C=O) groups excluding carboxylic acids is 1. The van der Waals surface area contributed by atoms with Crippen molar-refractivity contribution in [1.29, 1.82) is 0 Å². The fraction of sp³-hybridized carbons (Fsp3) is 0.390. The number of likely N-dealkylation sites (N-methyl/N-ethyl adjacent to an activating group) is 1. The molecule has 2 atom stereocenters. The zero-order valence-electron chi connectivity index (χ0n) is 31.4. The van der Waals surface area contributed by atoms with Gasteiger partial charge in [-0.1, -0.05) is 40.3 Å². The van der Waals surface area contributed by atoms with Crippen LogP contribution in [0.2, 0.25) is 0 Å². The fourth-order valence-electron chi connectivity index (χ4n) is 6.42. The largest absolute Gasteiger partial charge is 0.489 e. The van der Waals surface area contributed by atoms with Gasteiger partial charge in [-0.15, -0.1) is 0 Å². The van der Waals surface area contributed by atoms with Crippen molar-refractivity contribution in [1.82, 2.24) is 19.8 Å². The van der Waals surface area contributed by atoms with Crippen LogP contribution in [-0.2, 0) is 4.79 Å². The number of hydrogen-bond acceptors (Lipinski definition) is 9. The van der Waals surface area contributed by atoms with Gasteiger partial charge in [0.2, 0.25) is 5.91 Å². The van der Waals surface area contributed by atoms with Crippen LogP contribution in [0.5, 0.6) is 17.2 Å². The number of amides is 1. The maximum Gasteiger partial charge on any atom is 0.246 e. The molecule has 2 aliphatic heterocycles. The molecular weight excluding hydrogens is 638 g/mol. The Balaban J connectivity index is 0.00000248. The number of nitrogens with zero attached hydrogens (tertiary/aromatic N) is 6. The molecule has 0 saturated carbocycles. The van der Waals surface area contributed by atoms with E-state index in [1.165, 1.54) is 5.56 Å². The van der Waals surface area contributed by atoms with E-state index in [0.717, 1.165) is 70.3 Å². The van der Waals surface area contributed by atoms with Gasteiger partial charge in [0.1, 0.15) is 36.0 Å². The molecule has 3 heterocycles. The lowest BCUT2D eigenvalue weighted by atomic mass is 9.96. The number of rotatable bonds is 11. The Morgan fingerprint density at radius 3 is 2.65 bits per heavy atom. The lowest BCUT2D eigenvalue weighted by Gasteiger charge is -2.45. The van der Waals surface area contributed by atoms with E-state index in [1.54, 1.807) is 12.4 Å². The minimum atomic E-state index is 0.0440. The van der Waals surface area contributed by atoms with Crippen LogP contribution in [0.4, 0.5) is 22.9 Å². The number of benzene rings is 3. The third-order valence-electron chi connectivity index (χ3n) is 9.44. The number of piperazine rings is 1. The first-order chi connectivity index (χ1) is 24.6. The standard InChI is InChI=1S/C39H47N7O3.C2H6/c1-8-26(3)31-20-30(13-14-34(31)44(7)9-2)49-36-15-12-28(19-27(36)4)42-39-32-21-35-37(22-33(32)40-25-41-39)48-24-29-23-45(17-18-46(29)35)38(47)11-10-16-43(5)6;1-2/h9-15,19-22,25-26,29H,2,8,16-18,23-24H2,1,3-7H3,(H,40,41,42);1-2H3/b11-10+;. The summed E-state index contributed by atoms with van der Waals surface area (Å²) in [4.78, 5) is 30.4. The Labute approximate surface area is 303 Å². The van der Waals surface area contributed by atoms with Crippen molar-refractivity contribution in [2.45, 2.75) is 53.0 Å². The van der Waals surface area contributed by atoms with Crippen molar-refractivity contribution in [3.05, 3.63) is 90.9 Å². The van der Waals surface area contributed by atoms with E-state index in [9.17, 15) is 4.79 Å². The summed E-state index contributed by atoms with van der Waals surface area (Å²) in [5, 5.41) is 4.42. The van der Waals surface area contributed by atoms with Crippen LogP contribution in [-0.4, -0.2) is 85.6 Å². The van der Waals surface area contributed by atoms with Gasteiger partial charge in [-0.05, 0) is 93.1 Å². The predicted octanol–water partition coefficient (Wildman–Crippen LogP) is 8.12. The van der Waals surface area contributed by atoms with Crippen LogP contribution < -0.4 is 24.6 Å². The number of nitrogens with one attached hydrogen (secondary N) is 1. The highest BCUT2D eigenvalue weighted by Crippen LogP contribution is 2.40. The maximum atomic E-state index is 12.8. The van der Waals surface area contributed by atoms with Crippen LogP contribution in [0.15, 0.2) is 79.8 Å². The highest BCUT2D eigenvalue weighted by Gasteiger charge is 2.34. The molecule has 1 N–H and O–H groups in total. The Morgan fingerprint density at radius 2 is 1.92 bits per heavy atom. The van der Waals surface area contributed by atoms with Gasteiger partial charge in [-0.3, -0.25) is 4.79 Å². The van der Waals surface area contributed by atoms with Crippen molar-refractivity contribution in [2.24, 2.45) is 0 Å². The quantitative estimate of drug-likeness (QED) is 0.157. The zero-order chi connectivity index (χ0) is 36.7. The Kier molecular flexibility index (Phi) is 12.2. The molecule has 51 heavy (non-hydrogen) atoms. The molecule has 3 aromatic carbocycles. The van der Waals surface area contributed by atoms with Crippen molar-refractivity contribution in [3.63, 3.8) is 0 Å². The normalized spacial score (nSPS) is 15.7. The number of fused-ring (bicyclic) bond motifs is 4. The predicted molar refractivity (Wildman–Crippen MR) is 210 cm³/mol. The summed E-state index contributed by atoms with van der Waals surface area (Å²) in [7, 11) is 5.99. The Morgan fingerprint density at radius 1 is 1.12 bits per heavy atom. The van der Waals surface area contributed by atoms with Gasteiger partial charge < -0.3 is 34.4 Å². The van der Waals surface area contributed by atoms with Gasteiger partial charge in [0.25, 0.3) is 0 Å². The molecule has 270 valence electrons. The molecule has 0 spiro atoms. The molecule has 1 fully saturated rings. The molecule has 1 amide bonds. The molecule has 4 aromatic rings. The molecule has 1 aromatic heterocycles. The smallest absolute Gasteiger partial charge is 0.246 e. The minimum absolute atomic E-state index is 0.0440. The average molecular weight is 692 g/mol. The monoisotopic (exact) mass is 691 g/mol. The summed E-state index contributed by atoms with van der Waals surface area (Å²) in [6, 6.07) is 16.5. The summed E-state index contributed by atoms with van der Waals surface area (Å²) in [6.07, 6.45) is 8.03. The first-order valence-electron chi connectivity index (χ1n) is 18.0. The van der Waals surface area contributed by atoms with Crippen molar-refractivity contribution in [2.75, 3.05) is 69.0 Å². The van der Waals surface area contributed by atoms with Crippen molar-refractivity contribution >= 4 is 39.7 Å². The maximum absolute atomic E-state index is 12.8. The molecule has 2 unspecified atom stereocenters. The zero-order valence-corrected chi connectivity index (χ0v) is 31.4. The van der Waals surface area contributed by atoms with E-state index < -0.39 is 0 Å². The fourth-order valence-corrected chi connectivity index (χ4v) is 6.42. The number of aromatic nitrogens is 2. The third kappa shape index (κ3) is 8.45. The summed E-state index contributed by atoms with van der Waals surface area (Å²) >= 11 is 0. The molecule has 2 aliphatic rings. The van der Waals surface area contributed by atoms with Crippen LogP contribution in [0.25, 0.3) is 10.9 Å². The van der Waals surface area contributed by atoms with Crippen molar-refractivity contribution < 1.29 is 14.3 Å². The minimum Gasteiger partial charge on any atom is -0.489 e. The number of carbonyl (C=O) groups is 1. The lowest BCUT2D eigenvalue weighted by Crippen LogP contribution is -2.58. The van der Waals surface area contributed by atoms with Gasteiger partial charge in [-0.25, -0.2) is 9.97 Å². The van der Waals surface area contributed by atoms with Gasteiger partial charge >= 0.3 is 0 Å². The number of ether oxygens (including phenoxy) is 2. The molecule has 0 bridgehead atoms. The van der Waals surface area contributed by atoms with Crippen molar-refractivity contribution in [3.8, 4) is 17.2 Å². The molecule has 0 aliphatic carbocycles. The average Bonchev–Trinajstić information content (AvgIpc) is 3.15. The summed E-state index contributed by atoms with van der Waals surface area (Å²) in [5.74, 6) is 3.54. The van der Waals surface area contributed by atoms with E-state index in [-0.39, 0.29) is 11.9 Å². The topological polar surface area (TPSA) is 86.3 Å². The summed E-state index contributed by atoms with van der Waals surface area (Å²) in [5.41, 5.74) is 6.06.